The van der Waals surface area contributed by atoms with Gasteiger partial charge in [-0.3, -0.25) is 0 Å². The molecule has 2 amide bonds. The molecule has 7 heteroatoms. The standard InChI is InChI=1S/C10H20N2O5/c1-10(2,8(15)16)11(3)9(17)12(4-6-13)5-7-14/h13-14H,4-7H2,1-3H3,(H,15,16). The molecule has 100 valence electrons. The van der Waals surface area contributed by atoms with Gasteiger partial charge in [-0.05, 0) is 13.8 Å². The van der Waals surface area contributed by atoms with Gasteiger partial charge in [-0.15, -0.1) is 0 Å². The molecular formula is C10H20N2O5. The van der Waals surface area contributed by atoms with Crippen LogP contribution in [0.2, 0.25) is 0 Å². The topological polar surface area (TPSA) is 101 Å². The minimum atomic E-state index is -1.35. The number of likely N-dealkylation sites (N-methyl/N-ethyl adjacent to an activating group) is 1. The van der Waals surface area contributed by atoms with Gasteiger partial charge in [0.25, 0.3) is 0 Å². The number of hydrogen-bond donors (Lipinski definition) is 3. The van der Waals surface area contributed by atoms with Crippen LogP contribution in [0.25, 0.3) is 0 Å². The van der Waals surface area contributed by atoms with Crippen LogP contribution in [0.5, 0.6) is 0 Å². The molecule has 0 aromatic rings. The first-order chi connectivity index (χ1) is 7.78. The first-order valence-corrected chi connectivity index (χ1v) is 5.26. The molecule has 0 aromatic heterocycles. The summed E-state index contributed by atoms with van der Waals surface area (Å²) in [4.78, 5) is 25.2. The van der Waals surface area contributed by atoms with Gasteiger partial charge >= 0.3 is 12.0 Å². The van der Waals surface area contributed by atoms with E-state index in [0.29, 0.717) is 0 Å². The van der Waals surface area contributed by atoms with Crippen LogP contribution in [0.3, 0.4) is 0 Å². The zero-order chi connectivity index (χ0) is 13.6. The van der Waals surface area contributed by atoms with E-state index in [0.717, 1.165) is 4.90 Å². The van der Waals surface area contributed by atoms with Gasteiger partial charge < -0.3 is 25.1 Å². The second-order valence-electron chi connectivity index (χ2n) is 4.14. The lowest BCUT2D eigenvalue weighted by atomic mass is 10.0. The Kier molecular flexibility index (Phi) is 5.90. The zero-order valence-corrected chi connectivity index (χ0v) is 10.4. The van der Waals surface area contributed by atoms with Crippen molar-refractivity contribution >= 4 is 12.0 Å². The van der Waals surface area contributed by atoms with E-state index < -0.39 is 17.5 Å². The Balaban J connectivity index is 4.81. The maximum atomic E-state index is 11.9. The number of aliphatic hydroxyl groups excluding tert-OH is 2. The van der Waals surface area contributed by atoms with Gasteiger partial charge in [0.05, 0.1) is 13.2 Å². The fourth-order valence-corrected chi connectivity index (χ4v) is 1.14. The van der Waals surface area contributed by atoms with Crippen LogP contribution in [0.1, 0.15) is 13.8 Å². The molecule has 0 heterocycles. The molecule has 0 atom stereocenters. The minimum absolute atomic E-state index is 0.0550. The van der Waals surface area contributed by atoms with Crippen LogP contribution in [0.15, 0.2) is 0 Å². The Morgan fingerprint density at radius 3 is 1.82 bits per heavy atom. The number of aliphatic carboxylic acids is 1. The monoisotopic (exact) mass is 248 g/mol. The maximum absolute atomic E-state index is 11.9. The number of carbonyl (C=O) groups excluding carboxylic acids is 1. The SMILES string of the molecule is CN(C(=O)N(CCO)CCO)C(C)(C)C(=O)O. The van der Waals surface area contributed by atoms with Crippen molar-refractivity contribution in [1.82, 2.24) is 9.80 Å². The summed E-state index contributed by atoms with van der Waals surface area (Å²) in [5.41, 5.74) is -1.35. The highest BCUT2D eigenvalue weighted by atomic mass is 16.4. The van der Waals surface area contributed by atoms with E-state index in [1.54, 1.807) is 0 Å². The van der Waals surface area contributed by atoms with E-state index >= 15 is 0 Å². The largest absolute Gasteiger partial charge is 0.480 e. The van der Waals surface area contributed by atoms with Crippen LogP contribution in [-0.2, 0) is 4.79 Å². The molecule has 0 rings (SSSR count). The second kappa shape index (κ2) is 6.41. The molecule has 3 N–H and O–H groups in total. The van der Waals surface area contributed by atoms with Crippen LogP contribution in [0, 0.1) is 0 Å². The predicted octanol–water partition coefficient (Wildman–Crippen LogP) is -0.812. The van der Waals surface area contributed by atoms with E-state index in [2.05, 4.69) is 0 Å². The zero-order valence-electron chi connectivity index (χ0n) is 10.4. The Bertz CT molecular complexity index is 274. The number of carbonyl (C=O) groups is 2. The number of hydrogen-bond acceptors (Lipinski definition) is 4. The summed E-state index contributed by atoms with van der Waals surface area (Å²) >= 11 is 0. The van der Waals surface area contributed by atoms with Crippen LogP contribution < -0.4 is 0 Å². The van der Waals surface area contributed by atoms with Crippen LogP contribution in [0.4, 0.5) is 4.79 Å². The molecule has 0 aliphatic carbocycles. The van der Waals surface area contributed by atoms with Crippen molar-refractivity contribution < 1.29 is 24.9 Å². The van der Waals surface area contributed by atoms with Crippen LogP contribution in [-0.4, -0.2) is 76.0 Å². The Morgan fingerprint density at radius 2 is 1.53 bits per heavy atom. The molecular weight excluding hydrogens is 228 g/mol. The summed E-state index contributed by atoms with van der Waals surface area (Å²) in [5.74, 6) is -1.12. The summed E-state index contributed by atoms with van der Waals surface area (Å²) in [6, 6.07) is -0.541. The van der Waals surface area contributed by atoms with Gasteiger partial charge in [-0.1, -0.05) is 0 Å². The van der Waals surface area contributed by atoms with Crippen molar-refractivity contribution in [2.45, 2.75) is 19.4 Å². The molecule has 0 aliphatic rings. The minimum Gasteiger partial charge on any atom is -0.480 e. The highest BCUT2D eigenvalue weighted by molar-refractivity contribution is 5.85. The van der Waals surface area contributed by atoms with Gasteiger partial charge in [-0.2, -0.15) is 0 Å². The molecule has 0 spiro atoms. The smallest absolute Gasteiger partial charge is 0.329 e. The maximum Gasteiger partial charge on any atom is 0.329 e. The molecule has 0 aliphatic heterocycles. The van der Waals surface area contributed by atoms with Crippen molar-refractivity contribution in [3.63, 3.8) is 0 Å². The lowest BCUT2D eigenvalue weighted by Gasteiger charge is -2.35. The first-order valence-electron chi connectivity index (χ1n) is 5.26. The number of urea groups is 1. The highest BCUT2D eigenvalue weighted by Crippen LogP contribution is 2.14. The van der Waals surface area contributed by atoms with E-state index in [1.165, 1.54) is 25.8 Å². The number of carboxylic acids is 1. The lowest BCUT2D eigenvalue weighted by molar-refractivity contribution is -0.147. The molecule has 17 heavy (non-hydrogen) atoms. The second-order valence-corrected chi connectivity index (χ2v) is 4.14. The van der Waals surface area contributed by atoms with Gasteiger partial charge in [0.2, 0.25) is 0 Å². The fraction of sp³-hybridized carbons (Fsp3) is 0.800. The molecule has 7 nitrogen and oxygen atoms in total. The molecule has 0 unspecified atom stereocenters. The van der Waals surface area contributed by atoms with Crippen LogP contribution >= 0.6 is 0 Å². The van der Waals surface area contributed by atoms with E-state index in [4.69, 9.17) is 15.3 Å². The number of rotatable bonds is 6. The van der Waals surface area contributed by atoms with Gasteiger partial charge in [-0.25, -0.2) is 9.59 Å². The normalized spacial score (nSPS) is 11.1. The Morgan fingerprint density at radius 1 is 1.12 bits per heavy atom. The molecule has 0 aromatic carbocycles. The molecule has 0 bridgehead atoms. The third-order valence-electron chi connectivity index (χ3n) is 2.66. The number of nitrogens with zero attached hydrogens (tertiary/aromatic N) is 2. The number of amides is 2. The quantitative estimate of drug-likeness (QED) is 0.570. The summed E-state index contributed by atoms with van der Waals surface area (Å²) in [7, 11) is 1.37. The average molecular weight is 248 g/mol. The average Bonchev–Trinajstić information content (AvgIpc) is 2.26. The van der Waals surface area contributed by atoms with Gasteiger partial charge in [0.15, 0.2) is 0 Å². The first kappa shape index (κ1) is 15.7. The summed E-state index contributed by atoms with van der Waals surface area (Å²) < 4.78 is 0. The Hall–Kier alpha value is -1.34. The van der Waals surface area contributed by atoms with Crippen molar-refractivity contribution in [1.29, 1.82) is 0 Å². The van der Waals surface area contributed by atoms with Crippen molar-refractivity contribution in [2.75, 3.05) is 33.4 Å². The van der Waals surface area contributed by atoms with E-state index in [9.17, 15) is 9.59 Å². The predicted molar refractivity (Wildman–Crippen MR) is 60.6 cm³/mol. The van der Waals surface area contributed by atoms with Crippen molar-refractivity contribution in [3.05, 3.63) is 0 Å². The van der Waals surface area contributed by atoms with E-state index in [1.807, 2.05) is 0 Å². The van der Waals surface area contributed by atoms with Gasteiger partial charge in [0, 0.05) is 20.1 Å². The van der Waals surface area contributed by atoms with Crippen molar-refractivity contribution in [3.8, 4) is 0 Å². The van der Waals surface area contributed by atoms with E-state index in [-0.39, 0.29) is 26.3 Å². The summed E-state index contributed by atoms with van der Waals surface area (Å²) in [6.07, 6.45) is 0. The summed E-state index contributed by atoms with van der Waals surface area (Å²) in [6.45, 7) is 2.44. The molecule has 0 fully saturated rings. The third kappa shape index (κ3) is 3.86. The Labute approximate surface area is 100 Å². The van der Waals surface area contributed by atoms with Gasteiger partial charge in [0.1, 0.15) is 5.54 Å². The third-order valence-corrected chi connectivity index (χ3v) is 2.66. The molecule has 0 radical (unpaired) electrons. The van der Waals surface area contributed by atoms with Crippen molar-refractivity contribution in [2.24, 2.45) is 0 Å². The molecule has 0 saturated carbocycles. The number of carboxylic acid groups (broad SMARTS) is 1. The fourth-order valence-electron chi connectivity index (χ4n) is 1.14. The molecule has 0 saturated heterocycles. The number of aliphatic hydroxyl groups is 2. The summed E-state index contributed by atoms with van der Waals surface area (Å²) in [5, 5.41) is 26.6. The lowest BCUT2D eigenvalue weighted by Crippen LogP contribution is -2.55. The highest BCUT2D eigenvalue weighted by Gasteiger charge is 2.36.